The molecule has 22 heavy (non-hydrogen) atoms. The van der Waals surface area contributed by atoms with Crippen LogP contribution in [0.25, 0.3) is 0 Å². The van der Waals surface area contributed by atoms with Crippen LogP contribution in [0.2, 0.25) is 0 Å². The predicted octanol–water partition coefficient (Wildman–Crippen LogP) is 0.534. The van der Waals surface area contributed by atoms with E-state index in [-0.39, 0.29) is 6.04 Å². The van der Waals surface area contributed by atoms with E-state index in [1.54, 1.807) is 18.6 Å². The van der Waals surface area contributed by atoms with Crippen molar-refractivity contribution in [2.45, 2.75) is 19.0 Å². The lowest BCUT2D eigenvalue weighted by molar-refractivity contribution is 0.584. The quantitative estimate of drug-likeness (QED) is 0.837. The first-order chi connectivity index (χ1) is 10.9. The number of anilines is 1. The van der Waals surface area contributed by atoms with Crippen molar-refractivity contribution in [3.63, 3.8) is 0 Å². The predicted molar refractivity (Wildman–Crippen MR) is 81.8 cm³/mol. The third-order valence-electron chi connectivity index (χ3n) is 3.95. The minimum Gasteiger partial charge on any atom is -0.387 e. The van der Waals surface area contributed by atoms with Crippen LogP contribution in [0, 0.1) is 0 Å². The fourth-order valence-electron chi connectivity index (χ4n) is 2.80. The Morgan fingerprint density at radius 2 is 2.18 bits per heavy atom. The van der Waals surface area contributed by atoms with Crippen LogP contribution in [0.4, 0.5) is 5.95 Å². The van der Waals surface area contributed by atoms with E-state index in [0.29, 0.717) is 5.95 Å². The number of aromatic nitrogens is 4. The second-order valence-electron chi connectivity index (χ2n) is 5.35. The molecule has 0 aromatic carbocycles. The molecule has 0 aliphatic carbocycles. The molecule has 0 amide bonds. The average Bonchev–Trinajstić information content (AvgIpc) is 2.62. The second kappa shape index (κ2) is 5.69. The van der Waals surface area contributed by atoms with Crippen LogP contribution in [0.3, 0.4) is 0 Å². The SMILES string of the molecule is C1=CN(c2ncc3c(n2)CCNC3)C(c2cnccn2)CN1. The van der Waals surface area contributed by atoms with Crippen LogP contribution in [-0.4, -0.2) is 33.0 Å². The van der Waals surface area contributed by atoms with Crippen molar-refractivity contribution >= 4 is 5.95 Å². The van der Waals surface area contributed by atoms with Crippen molar-refractivity contribution in [2.75, 3.05) is 18.0 Å². The Labute approximate surface area is 128 Å². The maximum absolute atomic E-state index is 4.76. The topological polar surface area (TPSA) is 78.9 Å². The van der Waals surface area contributed by atoms with E-state index in [9.17, 15) is 0 Å². The van der Waals surface area contributed by atoms with Gasteiger partial charge in [0.2, 0.25) is 5.95 Å². The van der Waals surface area contributed by atoms with Gasteiger partial charge in [-0.25, -0.2) is 9.97 Å². The van der Waals surface area contributed by atoms with E-state index in [1.807, 2.05) is 18.6 Å². The van der Waals surface area contributed by atoms with Gasteiger partial charge in [-0.2, -0.15) is 0 Å². The molecule has 2 aliphatic rings. The van der Waals surface area contributed by atoms with Gasteiger partial charge in [-0.15, -0.1) is 0 Å². The summed E-state index contributed by atoms with van der Waals surface area (Å²) in [7, 11) is 0. The summed E-state index contributed by atoms with van der Waals surface area (Å²) in [5.41, 5.74) is 3.22. The van der Waals surface area contributed by atoms with Crippen LogP contribution in [0.15, 0.2) is 37.2 Å². The number of fused-ring (bicyclic) bond motifs is 1. The molecule has 7 nitrogen and oxygen atoms in total. The highest BCUT2D eigenvalue weighted by Gasteiger charge is 2.25. The molecule has 2 aromatic rings. The normalized spacial score (nSPS) is 20.4. The summed E-state index contributed by atoms with van der Waals surface area (Å²) in [6.45, 7) is 2.56. The average molecular weight is 295 g/mol. The first-order valence-corrected chi connectivity index (χ1v) is 7.41. The fraction of sp³-hybridized carbons (Fsp3) is 0.333. The van der Waals surface area contributed by atoms with Gasteiger partial charge in [0.05, 0.1) is 23.6 Å². The summed E-state index contributed by atoms with van der Waals surface area (Å²) in [5.74, 6) is 0.717. The largest absolute Gasteiger partial charge is 0.387 e. The summed E-state index contributed by atoms with van der Waals surface area (Å²) in [6, 6.07) is 0.0402. The van der Waals surface area contributed by atoms with Gasteiger partial charge in [-0.1, -0.05) is 0 Å². The third kappa shape index (κ3) is 2.39. The van der Waals surface area contributed by atoms with Crippen molar-refractivity contribution in [1.82, 2.24) is 30.6 Å². The maximum Gasteiger partial charge on any atom is 0.230 e. The van der Waals surface area contributed by atoms with Crippen LogP contribution in [0.5, 0.6) is 0 Å². The Morgan fingerprint density at radius 3 is 3.09 bits per heavy atom. The zero-order valence-electron chi connectivity index (χ0n) is 12.1. The highest BCUT2D eigenvalue weighted by atomic mass is 15.3. The number of nitrogens with zero attached hydrogens (tertiary/aromatic N) is 5. The van der Waals surface area contributed by atoms with E-state index in [1.165, 1.54) is 5.56 Å². The summed E-state index contributed by atoms with van der Waals surface area (Å²) in [4.78, 5) is 19.9. The fourth-order valence-corrected chi connectivity index (χ4v) is 2.80. The molecular formula is C15H17N7. The zero-order chi connectivity index (χ0) is 14.8. The van der Waals surface area contributed by atoms with Gasteiger partial charge in [-0.3, -0.25) is 9.97 Å². The minimum absolute atomic E-state index is 0.0402. The molecule has 0 spiro atoms. The molecule has 1 unspecified atom stereocenters. The lowest BCUT2D eigenvalue weighted by Crippen LogP contribution is -2.37. The summed E-state index contributed by atoms with van der Waals surface area (Å²) in [5, 5.41) is 6.58. The van der Waals surface area contributed by atoms with Gasteiger partial charge < -0.3 is 15.5 Å². The molecule has 0 fully saturated rings. The van der Waals surface area contributed by atoms with Crippen LogP contribution < -0.4 is 15.5 Å². The highest BCUT2D eigenvalue weighted by molar-refractivity contribution is 5.42. The van der Waals surface area contributed by atoms with Crippen molar-refractivity contribution in [3.05, 3.63) is 54.1 Å². The smallest absolute Gasteiger partial charge is 0.230 e. The Balaban J connectivity index is 1.70. The van der Waals surface area contributed by atoms with Gasteiger partial charge >= 0.3 is 0 Å². The maximum atomic E-state index is 4.76. The Hall–Kier alpha value is -2.54. The van der Waals surface area contributed by atoms with Gasteiger partial charge in [0, 0.05) is 62.6 Å². The molecular weight excluding hydrogens is 278 g/mol. The second-order valence-corrected chi connectivity index (χ2v) is 5.35. The molecule has 0 bridgehead atoms. The number of hydrogen-bond acceptors (Lipinski definition) is 7. The molecule has 0 saturated carbocycles. The molecule has 2 aliphatic heterocycles. The first kappa shape index (κ1) is 13.1. The standard InChI is InChI=1S/C15H17N7/c1-2-16-7-11-8-20-15(21-12(1)11)22-6-5-18-10-14(22)13-9-17-3-4-19-13/h3-6,8-9,14,16,18H,1-2,7,10H2. The van der Waals surface area contributed by atoms with E-state index in [2.05, 4.69) is 30.5 Å². The Kier molecular flexibility index (Phi) is 3.40. The van der Waals surface area contributed by atoms with Crippen molar-refractivity contribution in [2.24, 2.45) is 0 Å². The molecule has 1 atom stereocenters. The molecule has 4 rings (SSSR count). The van der Waals surface area contributed by atoms with Gasteiger partial charge in [0.1, 0.15) is 0 Å². The van der Waals surface area contributed by atoms with E-state index in [4.69, 9.17) is 4.98 Å². The summed E-state index contributed by atoms with van der Waals surface area (Å²) in [6.07, 6.45) is 11.9. The molecule has 7 heteroatoms. The van der Waals surface area contributed by atoms with Gasteiger partial charge in [0.15, 0.2) is 0 Å². The van der Waals surface area contributed by atoms with E-state index in [0.717, 1.165) is 37.4 Å². The Morgan fingerprint density at radius 1 is 1.18 bits per heavy atom. The zero-order valence-corrected chi connectivity index (χ0v) is 12.1. The number of rotatable bonds is 2. The number of hydrogen-bond donors (Lipinski definition) is 2. The highest BCUT2D eigenvalue weighted by Crippen LogP contribution is 2.26. The molecule has 4 heterocycles. The lowest BCUT2D eigenvalue weighted by atomic mass is 10.1. The number of nitrogens with one attached hydrogen (secondary N) is 2. The first-order valence-electron chi connectivity index (χ1n) is 7.41. The van der Waals surface area contributed by atoms with E-state index >= 15 is 0 Å². The summed E-state index contributed by atoms with van der Waals surface area (Å²) < 4.78 is 0. The molecule has 0 radical (unpaired) electrons. The van der Waals surface area contributed by atoms with E-state index < -0.39 is 0 Å². The molecule has 2 aromatic heterocycles. The molecule has 0 saturated heterocycles. The van der Waals surface area contributed by atoms with Crippen LogP contribution in [0.1, 0.15) is 23.0 Å². The van der Waals surface area contributed by atoms with Crippen LogP contribution >= 0.6 is 0 Å². The Bertz CT molecular complexity index is 686. The third-order valence-corrected chi connectivity index (χ3v) is 3.95. The minimum atomic E-state index is 0.0402. The van der Waals surface area contributed by atoms with Crippen molar-refractivity contribution < 1.29 is 0 Å². The van der Waals surface area contributed by atoms with Gasteiger partial charge in [0.25, 0.3) is 0 Å². The molecule has 2 N–H and O–H groups in total. The van der Waals surface area contributed by atoms with Gasteiger partial charge in [-0.05, 0) is 0 Å². The van der Waals surface area contributed by atoms with Crippen LogP contribution in [-0.2, 0) is 13.0 Å². The monoisotopic (exact) mass is 295 g/mol. The van der Waals surface area contributed by atoms with Crippen molar-refractivity contribution in [1.29, 1.82) is 0 Å². The molecule has 112 valence electrons. The summed E-state index contributed by atoms with van der Waals surface area (Å²) >= 11 is 0. The van der Waals surface area contributed by atoms with Crippen molar-refractivity contribution in [3.8, 4) is 0 Å². The lowest BCUT2D eigenvalue weighted by Gasteiger charge is -2.32.